The van der Waals surface area contributed by atoms with Crippen molar-refractivity contribution in [2.75, 3.05) is 13.2 Å². The fourth-order valence-electron chi connectivity index (χ4n) is 8.58. The van der Waals surface area contributed by atoms with Gasteiger partial charge in [-0.1, -0.05) is 97.1 Å². The summed E-state index contributed by atoms with van der Waals surface area (Å²) in [5, 5.41) is 104. The Morgan fingerprint density at radius 1 is 0.500 bits per heavy atom. The average molecular weight is 761 g/mol. The van der Waals surface area contributed by atoms with Gasteiger partial charge in [0, 0.05) is 16.3 Å². The number of aliphatic hydroxyl groups is 9. The molecule has 0 aliphatic carbocycles. The van der Waals surface area contributed by atoms with Crippen LogP contribution in [0.2, 0.25) is 0 Å². The Kier molecular flexibility index (Phi) is 9.20. The van der Waals surface area contributed by atoms with Crippen LogP contribution in [0.4, 0.5) is 0 Å². The van der Waals surface area contributed by atoms with Gasteiger partial charge in [-0.15, -0.1) is 0 Å². The van der Waals surface area contributed by atoms with E-state index < -0.39 is 74.1 Å². The monoisotopic (exact) mass is 760 g/mol. The van der Waals surface area contributed by atoms with Crippen LogP contribution in [0.5, 0.6) is 5.75 Å². The zero-order chi connectivity index (χ0) is 39.0. The Balaban J connectivity index is 0.000000146. The maximum atomic E-state index is 11.3. The first-order chi connectivity index (χ1) is 27.0. The highest BCUT2D eigenvalue weighted by molar-refractivity contribution is 6.25. The van der Waals surface area contributed by atoms with E-state index in [1.54, 1.807) is 12.1 Å². The van der Waals surface area contributed by atoms with Crippen LogP contribution in [0.1, 0.15) is 5.56 Å². The third kappa shape index (κ3) is 5.65. The van der Waals surface area contributed by atoms with Gasteiger partial charge in [0.2, 0.25) is 5.79 Å². The van der Waals surface area contributed by atoms with Crippen molar-refractivity contribution in [2.24, 2.45) is 0 Å². The summed E-state index contributed by atoms with van der Waals surface area (Å²) in [6.07, 6.45) is -12.7. The number of hydrogen-bond donors (Lipinski definition) is 9. The highest BCUT2D eigenvalue weighted by Crippen LogP contribution is 2.44. The molecule has 2 saturated heterocycles. The molecule has 2 aliphatic rings. The molecule has 56 heavy (non-hydrogen) atoms. The van der Waals surface area contributed by atoms with Gasteiger partial charge in [0.15, 0.2) is 12.4 Å². The highest BCUT2D eigenvalue weighted by Gasteiger charge is 2.54. The molecule has 8 aromatic rings. The van der Waals surface area contributed by atoms with E-state index >= 15 is 0 Å². The zero-order valence-corrected chi connectivity index (χ0v) is 29.8. The molecule has 8 aromatic carbocycles. The van der Waals surface area contributed by atoms with E-state index in [0.717, 1.165) is 59.2 Å². The summed E-state index contributed by atoms with van der Waals surface area (Å²) in [4.78, 5) is 0. The lowest BCUT2D eigenvalue weighted by atomic mass is 9.84. The summed E-state index contributed by atoms with van der Waals surface area (Å²) in [5.74, 6) is -1.80. The summed E-state index contributed by atoms with van der Waals surface area (Å²) < 4.78 is 16.7. The Morgan fingerprint density at radius 3 is 1.54 bits per heavy atom. The average Bonchev–Trinajstić information content (AvgIpc) is 3.23. The van der Waals surface area contributed by atoms with Crippen molar-refractivity contribution in [1.82, 2.24) is 0 Å². The smallest absolute Gasteiger partial charge is 0.223 e. The van der Waals surface area contributed by atoms with Gasteiger partial charge >= 0.3 is 0 Å². The van der Waals surface area contributed by atoms with Crippen LogP contribution in [0, 0.1) is 0 Å². The van der Waals surface area contributed by atoms with Crippen molar-refractivity contribution < 1.29 is 60.2 Å². The van der Waals surface area contributed by atoms with Gasteiger partial charge in [-0.25, -0.2) is 0 Å². The van der Waals surface area contributed by atoms with Gasteiger partial charge < -0.3 is 60.2 Å². The van der Waals surface area contributed by atoms with Crippen molar-refractivity contribution >= 4 is 64.6 Å². The maximum absolute atomic E-state index is 11.3. The van der Waals surface area contributed by atoms with Gasteiger partial charge in [-0.05, 0) is 66.0 Å². The van der Waals surface area contributed by atoms with Crippen molar-refractivity contribution in [2.45, 2.75) is 60.9 Å². The molecule has 0 aromatic heterocycles. The summed E-state index contributed by atoms with van der Waals surface area (Å²) >= 11 is 0. The number of hydrogen-bond acceptors (Lipinski definition) is 12. The molecule has 0 bridgehead atoms. The van der Waals surface area contributed by atoms with Crippen molar-refractivity contribution in [3.63, 3.8) is 0 Å². The number of rotatable bonds is 5. The first-order valence-electron chi connectivity index (χ1n) is 18.4. The number of benzene rings is 8. The molecule has 12 nitrogen and oxygen atoms in total. The molecule has 288 valence electrons. The summed E-state index contributed by atoms with van der Waals surface area (Å²) in [6.45, 7) is -1.13. The first-order valence-corrected chi connectivity index (χ1v) is 18.4. The van der Waals surface area contributed by atoms with E-state index in [9.17, 15) is 46.0 Å². The van der Waals surface area contributed by atoms with E-state index in [2.05, 4.69) is 24.3 Å². The molecule has 0 saturated carbocycles. The normalized spacial score (nSPS) is 29.8. The summed E-state index contributed by atoms with van der Waals surface area (Å²) in [5.41, 5.74) is 0.273. The van der Waals surface area contributed by atoms with Crippen molar-refractivity contribution in [3.8, 4) is 5.75 Å². The maximum Gasteiger partial charge on any atom is 0.223 e. The molecule has 9 N–H and O–H groups in total. The van der Waals surface area contributed by atoms with Gasteiger partial charge in [0.25, 0.3) is 0 Å². The predicted molar refractivity (Wildman–Crippen MR) is 209 cm³/mol. The van der Waals surface area contributed by atoms with Crippen LogP contribution >= 0.6 is 0 Å². The van der Waals surface area contributed by atoms with Crippen LogP contribution in [0.25, 0.3) is 64.6 Å². The van der Waals surface area contributed by atoms with Gasteiger partial charge in [-0.2, -0.15) is 0 Å². The molecule has 10 rings (SSSR count). The van der Waals surface area contributed by atoms with E-state index in [1.165, 1.54) is 0 Å². The fourth-order valence-corrected chi connectivity index (χ4v) is 8.58. The minimum atomic E-state index is -2.28. The number of ether oxygens (including phenoxy) is 3. The van der Waals surface area contributed by atoms with Crippen LogP contribution in [0.15, 0.2) is 109 Å². The van der Waals surface area contributed by atoms with E-state index in [0.29, 0.717) is 11.1 Å². The molecule has 2 heterocycles. The Morgan fingerprint density at radius 2 is 0.964 bits per heavy atom. The molecule has 2 fully saturated rings. The summed E-state index contributed by atoms with van der Waals surface area (Å²) in [7, 11) is 0. The lowest BCUT2D eigenvalue weighted by molar-refractivity contribution is -0.357. The lowest BCUT2D eigenvalue weighted by Crippen LogP contribution is -2.63. The third-order valence-corrected chi connectivity index (χ3v) is 11.5. The van der Waals surface area contributed by atoms with E-state index in [1.807, 2.05) is 72.8 Å². The second-order valence-corrected chi connectivity index (χ2v) is 14.7. The molecule has 0 spiro atoms. The van der Waals surface area contributed by atoms with Gasteiger partial charge in [0.05, 0.1) is 13.2 Å². The largest absolute Gasteiger partial charge is 0.482 e. The molecule has 2 aliphatic heterocycles. The Hall–Kier alpha value is -4.80. The zero-order valence-electron chi connectivity index (χ0n) is 29.8. The van der Waals surface area contributed by atoms with Crippen molar-refractivity contribution in [1.29, 1.82) is 0 Å². The van der Waals surface area contributed by atoms with Gasteiger partial charge in [-0.3, -0.25) is 0 Å². The van der Waals surface area contributed by atoms with Gasteiger partial charge in [0.1, 0.15) is 48.5 Å². The quantitative estimate of drug-likeness (QED) is 0.116. The van der Waals surface area contributed by atoms with E-state index in [4.69, 9.17) is 14.2 Å². The molecular weight excluding hydrogens is 720 g/mol. The lowest BCUT2D eigenvalue weighted by Gasteiger charge is -2.46. The fraction of sp³-hybridized carbons (Fsp3) is 0.273. The standard InChI is InChI=1S/2C22H20O6/c23-10-16-19(24)20(25)21(22(26)28-16)27-15-9-7-13-5-4-11-2-1-3-12-6-8-14(15)18(13)17(11)12;23-10-16-19(24)20(25)21(26)22(27,28-16)15-9-7-13-5-4-11-2-1-3-12-6-8-14(15)18(13)17(11)12/h1-9,16,19-26H,10H2;1-9,16,19-21,23-27H,10H2/t2*16-,19+,20+,21-,22-/m11/s1. The minimum Gasteiger partial charge on any atom is -0.482 e. The Labute approximate surface area is 318 Å². The van der Waals surface area contributed by atoms with Crippen LogP contribution in [-0.2, 0) is 15.3 Å². The summed E-state index contributed by atoms with van der Waals surface area (Å²) in [6, 6.07) is 35.2. The van der Waals surface area contributed by atoms with E-state index in [-0.39, 0.29) is 5.56 Å². The van der Waals surface area contributed by atoms with Crippen LogP contribution < -0.4 is 4.74 Å². The number of aliphatic hydroxyl groups excluding tert-OH is 8. The highest BCUT2D eigenvalue weighted by atomic mass is 16.7. The third-order valence-electron chi connectivity index (χ3n) is 11.5. The van der Waals surface area contributed by atoms with Crippen molar-refractivity contribution in [3.05, 3.63) is 115 Å². The molecule has 10 atom stereocenters. The molecule has 0 radical (unpaired) electrons. The first kappa shape index (κ1) is 36.8. The predicted octanol–water partition coefficient (Wildman–Crippen LogP) is 2.97. The molecule has 0 unspecified atom stereocenters. The molecule has 12 heteroatoms. The minimum absolute atomic E-state index is 0.273. The SMILES string of the molecule is OC[C@H]1O[C@@H](O)[C@H](Oc2ccc3ccc4cccc5ccc2c3c45)[C@@H](O)[C@H]1O.OC[C@H]1O[C@](O)(c2ccc3ccc4cccc5ccc2c3c45)[C@H](O)[C@@H](O)[C@H]1O. The van der Waals surface area contributed by atoms with Crippen LogP contribution in [0.3, 0.4) is 0 Å². The van der Waals surface area contributed by atoms with Crippen LogP contribution in [-0.4, -0.2) is 114 Å². The second-order valence-electron chi connectivity index (χ2n) is 14.7. The Bertz CT molecular complexity index is 2640. The molecular formula is C44H40O12. The second kappa shape index (κ2) is 14.0. The molecule has 0 amide bonds. The topological polar surface area (TPSA) is 210 Å².